The molecule has 20 heavy (non-hydrogen) atoms. The molecule has 3 aromatic rings. The van der Waals surface area contributed by atoms with E-state index in [1.165, 1.54) is 12.1 Å². The molecule has 3 rings (SSSR count). The van der Waals surface area contributed by atoms with Gasteiger partial charge in [-0.05, 0) is 29.8 Å². The molecule has 0 saturated carbocycles. The van der Waals surface area contributed by atoms with E-state index in [0.29, 0.717) is 16.7 Å². The molecule has 0 aliphatic rings. The van der Waals surface area contributed by atoms with Crippen molar-refractivity contribution in [3.8, 4) is 11.1 Å². The van der Waals surface area contributed by atoms with Gasteiger partial charge in [0.15, 0.2) is 0 Å². The Morgan fingerprint density at radius 2 is 1.70 bits per heavy atom. The van der Waals surface area contributed by atoms with Crippen molar-refractivity contribution in [1.29, 1.82) is 0 Å². The highest BCUT2D eigenvalue weighted by atomic mass is 16.4. The highest BCUT2D eigenvalue weighted by Gasteiger charge is 2.08. The topological polar surface area (TPSA) is 67.5 Å². The number of fused-ring (bicyclic) bond motifs is 1. The molecule has 4 heteroatoms. The standard InChI is InChI=1S/C16H10O4/c17-15(18)11-7-5-10(6-8-11)13-9-12-3-1-2-4-14(12)20-16(13)19/h1-9H,(H,17,18). The fourth-order valence-electron chi connectivity index (χ4n) is 2.06. The first-order valence-electron chi connectivity index (χ1n) is 6.02. The van der Waals surface area contributed by atoms with Crippen LogP contribution in [0.1, 0.15) is 10.4 Å². The summed E-state index contributed by atoms with van der Waals surface area (Å²) in [7, 11) is 0. The van der Waals surface area contributed by atoms with Crippen molar-refractivity contribution >= 4 is 16.9 Å². The average molecular weight is 266 g/mol. The molecule has 0 aliphatic carbocycles. The lowest BCUT2D eigenvalue weighted by molar-refractivity contribution is 0.0697. The molecule has 0 amide bonds. The Kier molecular flexibility index (Phi) is 2.84. The minimum Gasteiger partial charge on any atom is -0.478 e. The van der Waals surface area contributed by atoms with Gasteiger partial charge in [0.2, 0.25) is 0 Å². The van der Waals surface area contributed by atoms with Crippen LogP contribution in [-0.2, 0) is 0 Å². The van der Waals surface area contributed by atoms with Crippen molar-refractivity contribution in [2.45, 2.75) is 0 Å². The summed E-state index contributed by atoms with van der Waals surface area (Å²) >= 11 is 0. The molecule has 0 atom stereocenters. The van der Waals surface area contributed by atoms with E-state index in [-0.39, 0.29) is 5.56 Å². The van der Waals surface area contributed by atoms with Crippen LogP contribution in [0.2, 0.25) is 0 Å². The van der Waals surface area contributed by atoms with Crippen molar-refractivity contribution in [2.24, 2.45) is 0 Å². The van der Waals surface area contributed by atoms with Crippen molar-refractivity contribution in [3.63, 3.8) is 0 Å². The zero-order valence-corrected chi connectivity index (χ0v) is 10.4. The minimum absolute atomic E-state index is 0.180. The molecule has 1 aromatic heterocycles. The van der Waals surface area contributed by atoms with Gasteiger partial charge in [0.1, 0.15) is 5.58 Å². The van der Waals surface area contributed by atoms with Crippen molar-refractivity contribution in [2.75, 3.05) is 0 Å². The van der Waals surface area contributed by atoms with E-state index in [2.05, 4.69) is 0 Å². The molecular formula is C16H10O4. The molecule has 0 radical (unpaired) electrons. The summed E-state index contributed by atoms with van der Waals surface area (Å²) in [6.45, 7) is 0. The highest BCUT2D eigenvalue weighted by Crippen LogP contribution is 2.21. The summed E-state index contributed by atoms with van der Waals surface area (Å²) in [6.07, 6.45) is 0. The van der Waals surface area contributed by atoms with Gasteiger partial charge in [-0.3, -0.25) is 0 Å². The third-order valence-corrected chi connectivity index (χ3v) is 3.08. The summed E-state index contributed by atoms with van der Waals surface area (Å²) in [6, 6.07) is 15.1. The van der Waals surface area contributed by atoms with Gasteiger partial charge in [0.25, 0.3) is 0 Å². The van der Waals surface area contributed by atoms with Crippen LogP contribution in [0.15, 0.2) is 63.8 Å². The van der Waals surface area contributed by atoms with Crippen LogP contribution in [0, 0.1) is 0 Å². The monoisotopic (exact) mass is 266 g/mol. The first kappa shape index (κ1) is 12.2. The Bertz CT molecular complexity index is 844. The van der Waals surface area contributed by atoms with Crippen LogP contribution in [-0.4, -0.2) is 11.1 Å². The second kappa shape index (κ2) is 4.66. The summed E-state index contributed by atoms with van der Waals surface area (Å²) in [5.74, 6) is -0.998. The van der Waals surface area contributed by atoms with E-state index in [1.807, 2.05) is 12.1 Å². The lowest BCUT2D eigenvalue weighted by atomic mass is 10.0. The SMILES string of the molecule is O=C(O)c1ccc(-c2cc3ccccc3oc2=O)cc1. The number of rotatable bonds is 2. The number of benzene rings is 2. The van der Waals surface area contributed by atoms with Gasteiger partial charge in [0, 0.05) is 5.39 Å². The average Bonchev–Trinajstić information content (AvgIpc) is 2.46. The highest BCUT2D eigenvalue weighted by molar-refractivity contribution is 5.88. The van der Waals surface area contributed by atoms with Gasteiger partial charge in [0.05, 0.1) is 11.1 Å². The predicted molar refractivity (Wildman–Crippen MR) is 74.9 cm³/mol. The van der Waals surface area contributed by atoms with Crippen LogP contribution < -0.4 is 5.63 Å². The summed E-state index contributed by atoms with van der Waals surface area (Å²) in [5.41, 5.74) is 1.32. The maximum atomic E-state index is 12.0. The summed E-state index contributed by atoms with van der Waals surface area (Å²) in [4.78, 5) is 22.8. The van der Waals surface area contributed by atoms with Gasteiger partial charge >= 0.3 is 11.6 Å². The molecule has 0 saturated heterocycles. The maximum absolute atomic E-state index is 12.0. The summed E-state index contributed by atoms with van der Waals surface area (Å²) < 4.78 is 5.25. The van der Waals surface area contributed by atoms with Crippen molar-refractivity contribution < 1.29 is 14.3 Å². The first-order valence-corrected chi connectivity index (χ1v) is 6.02. The molecular weight excluding hydrogens is 256 g/mol. The Morgan fingerprint density at radius 3 is 2.40 bits per heavy atom. The molecule has 0 unspecified atom stereocenters. The molecule has 0 aliphatic heterocycles. The number of para-hydroxylation sites is 1. The fraction of sp³-hybridized carbons (Fsp3) is 0. The molecule has 1 heterocycles. The normalized spacial score (nSPS) is 10.6. The van der Waals surface area contributed by atoms with E-state index < -0.39 is 11.6 Å². The van der Waals surface area contributed by atoms with E-state index in [0.717, 1.165) is 5.39 Å². The largest absolute Gasteiger partial charge is 0.478 e. The quantitative estimate of drug-likeness (QED) is 0.723. The van der Waals surface area contributed by atoms with E-state index in [4.69, 9.17) is 9.52 Å². The van der Waals surface area contributed by atoms with Crippen LogP contribution in [0.25, 0.3) is 22.1 Å². The Morgan fingerprint density at radius 1 is 1.00 bits per heavy atom. The third-order valence-electron chi connectivity index (χ3n) is 3.08. The number of carboxylic acid groups (broad SMARTS) is 1. The van der Waals surface area contributed by atoms with Crippen LogP contribution >= 0.6 is 0 Å². The van der Waals surface area contributed by atoms with Gasteiger partial charge in [-0.1, -0.05) is 30.3 Å². The van der Waals surface area contributed by atoms with Crippen molar-refractivity contribution in [3.05, 3.63) is 70.6 Å². The second-order valence-corrected chi connectivity index (χ2v) is 4.37. The van der Waals surface area contributed by atoms with Gasteiger partial charge in [-0.25, -0.2) is 9.59 Å². The molecule has 0 fully saturated rings. The van der Waals surface area contributed by atoms with Crippen molar-refractivity contribution in [1.82, 2.24) is 0 Å². The van der Waals surface area contributed by atoms with E-state index >= 15 is 0 Å². The zero-order chi connectivity index (χ0) is 14.1. The molecule has 98 valence electrons. The number of hydrogen-bond donors (Lipinski definition) is 1. The number of carboxylic acids is 1. The Balaban J connectivity index is 2.16. The van der Waals surface area contributed by atoms with E-state index in [1.54, 1.807) is 30.3 Å². The summed E-state index contributed by atoms with van der Waals surface area (Å²) in [5, 5.41) is 9.69. The number of carbonyl (C=O) groups is 1. The molecule has 1 N–H and O–H groups in total. The number of aromatic carboxylic acids is 1. The smallest absolute Gasteiger partial charge is 0.344 e. The van der Waals surface area contributed by atoms with Crippen LogP contribution in [0.4, 0.5) is 0 Å². The number of hydrogen-bond acceptors (Lipinski definition) is 3. The minimum atomic E-state index is -0.998. The second-order valence-electron chi connectivity index (χ2n) is 4.37. The lowest BCUT2D eigenvalue weighted by Crippen LogP contribution is -2.03. The molecule has 4 nitrogen and oxygen atoms in total. The molecule has 0 bridgehead atoms. The Hall–Kier alpha value is -2.88. The van der Waals surface area contributed by atoms with Crippen LogP contribution in [0.3, 0.4) is 0 Å². The van der Waals surface area contributed by atoms with Crippen LogP contribution in [0.5, 0.6) is 0 Å². The first-order chi connectivity index (χ1) is 9.65. The Labute approximate surface area is 113 Å². The molecule has 2 aromatic carbocycles. The maximum Gasteiger partial charge on any atom is 0.344 e. The fourth-order valence-corrected chi connectivity index (χ4v) is 2.06. The van der Waals surface area contributed by atoms with Gasteiger partial charge < -0.3 is 9.52 Å². The third kappa shape index (κ3) is 2.07. The zero-order valence-electron chi connectivity index (χ0n) is 10.4. The molecule has 0 spiro atoms. The lowest BCUT2D eigenvalue weighted by Gasteiger charge is -2.03. The van der Waals surface area contributed by atoms with E-state index in [9.17, 15) is 9.59 Å². The predicted octanol–water partition coefficient (Wildman–Crippen LogP) is 3.16. The van der Waals surface area contributed by atoms with Gasteiger partial charge in [-0.15, -0.1) is 0 Å². The van der Waals surface area contributed by atoms with Gasteiger partial charge in [-0.2, -0.15) is 0 Å².